The highest BCUT2D eigenvalue weighted by molar-refractivity contribution is 7.99. The average Bonchev–Trinajstić information content (AvgIpc) is 3.14. The molecule has 0 unspecified atom stereocenters. The number of benzene rings is 2. The van der Waals surface area contributed by atoms with Crippen LogP contribution in [0.3, 0.4) is 0 Å². The van der Waals surface area contributed by atoms with E-state index in [4.69, 9.17) is 9.94 Å². The summed E-state index contributed by atoms with van der Waals surface area (Å²) in [5.41, 5.74) is 2.34. The molecular weight excluding hydrogens is 338 g/mol. The van der Waals surface area contributed by atoms with E-state index in [2.05, 4.69) is 20.7 Å². The quantitative estimate of drug-likeness (QED) is 0.230. The number of thioether (sulfide) groups is 1. The van der Waals surface area contributed by atoms with Crippen LogP contribution in [0.25, 0.3) is 5.69 Å². The van der Waals surface area contributed by atoms with Gasteiger partial charge >= 0.3 is 0 Å². The monoisotopic (exact) mass is 355 g/mol. The van der Waals surface area contributed by atoms with Crippen LogP contribution in [0.15, 0.2) is 64.9 Å². The fraction of sp³-hybridized carbons (Fsp3) is 0.176. The molecule has 1 aromatic heterocycles. The Morgan fingerprint density at radius 2 is 1.92 bits per heavy atom. The third-order valence-electron chi connectivity index (χ3n) is 3.45. The summed E-state index contributed by atoms with van der Waals surface area (Å²) in [7, 11) is 0. The minimum absolute atomic E-state index is 0.527. The Morgan fingerprint density at radius 3 is 2.64 bits per heavy atom. The molecular formula is C17H17N5O2S. The van der Waals surface area contributed by atoms with Gasteiger partial charge in [0, 0.05) is 5.75 Å². The minimum atomic E-state index is 0.527. The number of nitrogens with zero attached hydrogens (tertiary/aromatic N) is 5. The largest absolute Gasteiger partial charge is 0.493 e. The molecule has 3 rings (SSSR count). The molecule has 0 amide bonds. The smallest absolute Gasteiger partial charge is 0.214 e. The average molecular weight is 355 g/mol. The molecule has 8 heteroatoms. The Bertz CT molecular complexity index is 834. The number of hydrogen-bond donors (Lipinski definition) is 1. The lowest BCUT2D eigenvalue weighted by Gasteiger charge is -2.07. The first-order chi connectivity index (χ1) is 12.3. The second-order valence-electron chi connectivity index (χ2n) is 5.12. The lowest BCUT2D eigenvalue weighted by molar-refractivity contribution is 0.319. The Labute approximate surface area is 149 Å². The van der Waals surface area contributed by atoms with E-state index in [1.165, 1.54) is 11.8 Å². The molecule has 3 aromatic rings. The van der Waals surface area contributed by atoms with Gasteiger partial charge in [-0.05, 0) is 59.3 Å². The second-order valence-corrected chi connectivity index (χ2v) is 6.18. The first-order valence-corrected chi connectivity index (χ1v) is 8.65. The fourth-order valence-corrected chi connectivity index (χ4v) is 2.85. The van der Waals surface area contributed by atoms with E-state index < -0.39 is 0 Å². The molecule has 0 bridgehead atoms. The van der Waals surface area contributed by atoms with Crippen LogP contribution >= 0.6 is 11.8 Å². The predicted molar refractivity (Wildman–Crippen MR) is 95.8 cm³/mol. The van der Waals surface area contributed by atoms with Crippen molar-refractivity contribution in [3.05, 3.63) is 60.2 Å². The molecule has 0 saturated heterocycles. The highest BCUT2D eigenvalue weighted by atomic mass is 32.2. The molecule has 0 fully saturated rings. The highest BCUT2D eigenvalue weighted by Gasteiger charge is 2.08. The second kappa shape index (κ2) is 8.29. The van der Waals surface area contributed by atoms with Gasteiger partial charge in [0.1, 0.15) is 5.75 Å². The van der Waals surface area contributed by atoms with Gasteiger partial charge in [0.05, 0.1) is 18.0 Å². The van der Waals surface area contributed by atoms with Crippen molar-refractivity contribution in [1.29, 1.82) is 0 Å². The van der Waals surface area contributed by atoms with E-state index in [0.717, 1.165) is 22.2 Å². The summed E-state index contributed by atoms with van der Waals surface area (Å²) in [6, 6.07) is 17.2. The van der Waals surface area contributed by atoms with Crippen LogP contribution in [-0.2, 0) is 0 Å². The minimum Gasteiger partial charge on any atom is -0.493 e. The molecule has 0 radical (unpaired) electrons. The molecule has 0 saturated carbocycles. The summed E-state index contributed by atoms with van der Waals surface area (Å²) in [6.07, 6.45) is 0. The van der Waals surface area contributed by atoms with Crippen molar-refractivity contribution < 1.29 is 9.94 Å². The van der Waals surface area contributed by atoms with Gasteiger partial charge in [0.2, 0.25) is 5.16 Å². The molecule has 2 aromatic carbocycles. The molecule has 1 heterocycles. The first kappa shape index (κ1) is 17.0. The lowest BCUT2D eigenvalue weighted by Crippen LogP contribution is -2.03. The zero-order chi connectivity index (χ0) is 17.5. The number of aromatic nitrogens is 4. The van der Waals surface area contributed by atoms with Crippen molar-refractivity contribution in [3.63, 3.8) is 0 Å². The van der Waals surface area contributed by atoms with Crippen LogP contribution < -0.4 is 4.74 Å². The van der Waals surface area contributed by atoms with E-state index in [-0.39, 0.29) is 0 Å². The lowest BCUT2D eigenvalue weighted by atomic mass is 10.1. The van der Waals surface area contributed by atoms with Crippen molar-refractivity contribution in [2.45, 2.75) is 12.1 Å². The predicted octanol–water partition coefficient (Wildman–Crippen LogP) is 3.03. The van der Waals surface area contributed by atoms with E-state index in [0.29, 0.717) is 18.1 Å². The molecule has 25 heavy (non-hydrogen) atoms. The maximum absolute atomic E-state index is 8.76. The van der Waals surface area contributed by atoms with E-state index in [1.54, 1.807) is 11.6 Å². The Hall–Kier alpha value is -2.87. The Balaban J connectivity index is 1.52. The van der Waals surface area contributed by atoms with Gasteiger partial charge in [0.15, 0.2) is 0 Å². The van der Waals surface area contributed by atoms with Gasteiger partial charge in [0.25, 0.3) is 0 Å². The topological polar surface area (TPSA) is 85.4 Å². The standard InChI is InChI=1S/C17H17N5O2S/c1-13(19-23)14-7-9-16(10-8-14)24-11-12-25-17-18-20-21-22(17)15-5-3-2-4-6-15/h2-10,23H,11-12H2,1H3. The number of ether oxygens (including phenoxy) is 1. The van der Waals surface area contributed by atoms with Gasteiger partial charge in [-0.25, -0.2) is 0 Å². The van der Waals surface area contributed by atoms with Crippen LogP contribution in [0.1, 0.15) is 12.5 Å². The normalized spacial score (nSPS) is 11.5. The summed E-state index contributed by atoms with van der Waals surface area (Å²) >= 11 is 1.53. The number of tetrazole rings is 1. The van der Waals surface area contributed by atoms with Gasteiger partial charge in [-0.3, -0.25) is 0 Å². The highest BCUT2D eigenvalue weighted by Crippen LogP contribution is 2.18. The molecule has 0 aliphatic heterocycles. The number of rotatable bonds is 7. The molecule has 0 aliphatic carbocycles. The summed E-state index contributed by atoms with van der Waals surface area (Å²) in [5.74, 6) is 1.48. The Kier molecular flexibility index (Phi) is 5.63. The van der Waals surface area contributed by atoms with Crippen LogP contribution in [0.2, 0.25) is 0 Å². The number of para-hydroxylation sites is 1. The zero-order valence-electron chi connectivity index (χ0n) is 13.6. The van der Waals surface area contributed by atoms with Crippen molar-refractivity contribution >= 4 is 17.5 Å². The maximum Gasteiger partial charge on any atom is 0.214 e. The van der Waals surface area contributed by atoms with E-state index in [1.807, 2.05) is 54.6 Å². The zero-order valence-corrected chi connectivity index (χ0v) is 14.4. The van der Waals surface area contributed by atoms with E-state index >= 15 is 0 Å². The summed E-state index contributed by atoms with van der Waals surface area (Å²) in [4.78, 5) is 0. The molecule has 0 aliphatic rings. The molecule has 128 valence electrons. The van der Waals surface area contributed by atoms with Crippen LogP contribution in [0, 0.1) is 0 Å². The number of hydrogen-bond acceptors (Lipinski definition) is 7. The van der Waals surface area contributed by atoms with Crippen LogP contribution in [0.4, 0.5) is 0 Å². The summed E-state index contributed by atoms with van der Waals surface area (Å²) in [5, 5.41) is 24.5. The summed E-state index contributed by atoms with van der Waals surface area (Å²) < 4.78 is 7.42. The fourth-order valence-electron chi connectivity index (χ4n) is 2.14. The van der Waals surface area contributed by atoms with Gasteiger partial charge < -0.3 is 9.94 Å². The third-order valence-corrected chi connectivity index (χ3v) is 4.33. The van der Waals surface area contributed by atoms with Gasteiger partial charge in [-0.1, -0.05) is 35.1 Å². The SMILES string of the molecule is CC(=NO)c1ccc(OCCSc2nnnn2-c2ccccc2)cc1. The third kappa shape index (κ3) is 4.36. The summed E-state index contributed by atoms with van der Waals surface area (Å²) in [6.45, 7) is 2.27. The van der Waals surface area contributed by atoms with Crippen LogP contribution in [-0.4, -0.2) is 43.5 Å². The van der Waals surface area contributed by atoms with E-state index in [9.17, 15) is 0 Å². The molecule has 7 nitrogen and oxygen atoms in total. The van der Waals surface area contributed by atoms with Crippen molar-refractivity contribution in [2.24, 2.45) is 5.16 Å². The van der Waals surface area contributed by atoms with Crippen molar-refractivity contribution in [1.82, 2.24) is 20.2 Å². The molecule has 0 spiro atoms. The Morgan fingerprint density at radius 1 is 1.16 bits per heavy atom. The van der Waals surface area contributed by atoms with Crippen molar-refractivity contribution in [2.75, 3.05) is 12.4 Å². The molecule has 0 atom stereocenters. The van der Waals surface area contributed by atoms with Gasteiger partial charge in [-0.2, -0.15) is 4.68 Å². The first-order valence-electron chi connectivity index (χ1n) is 7.66. The van der Waals surface area contributed by atoms with Crippen LogP contribution in [0.5, 0.6) is 5.75 Å². The van der Waals surface area contributed by atoms with Crippen molar-refractivity contribution in [3.8, 4) is 11.4 Å². The number of oxime groups is 1. The molecule has 1 N–H and O–H groups in total. The van der Waals surface area contributed by atoms with Gasteiger partial charge in [-0.15, -0.1) is 5.10 Å². The maximum atomic E-state index is 8.76.